The predicted octanol–water partition coefficient (Wildman–Crippen LogP) is 4.70. The number of ether oxygens (including phenoxy) is 1. The Bertz CT molecular complexity index is 1080. The third-order valence-electron chi connectivity index (χ3n) is 6.02. The lowest BCUT2D eigenvalue weighted by molar-refractivity contribution is 0.219. The standard InChI is InChI=1S/C25H27N3O/c1-3-28-17-24(18(2)26-28)16-27-10-11-29-25-9-8-21(14-23(25)15-27)22-12-19-6-4-5-7-20(19)13-22/h4-9,12,14,17H,3,10-11,13,15-16H2,1-2H3. The van der Waals surface area contributed by atoms with E-state index >= 15 is 0 Å². The van der Waals surface area contributed by atoms with Crippen LogP contribution < -0.4 is 4.74 Å². The molecule has 148 valence electrons. The molecule has 1 aromatic heterocycles. The summed E-state index contributed by atoms with van der Waals surface area (Å²) < 4.78 is 8.09. The molecule has 0 bridgehead atoms. The third-order valence-corrected chi connectivity index (χ3v) is 6.02. The third kappa shape index (κ3) is 3.60. The van der Waals surface area contributed by atoms with E-state index in [1.807, 2.05) is 4.68 Å². The normalized spacial score (nSPS) is 16.0. The molecule has 0 fully saturated rings. The van der Waals surface area contributed by atoms with Crippen LogP contribution in [0.25, 0.3) is 11.6 Å². The van der Waals surface area contributed by atoms with Crippen LogP contribution in [0.2, 0.25) is 0 Å². The van der Waals surface area contributed by atoms with E-state index in [0.717, 1.165) is 50.7 Å². The highest BCUT2D eigenvalue weighted by Crippen LogP contribution is 2.34. The van der Waals surface area contributed by atoms with Gasteiger partial charge < -0.3 is 4.74 Å². The summed E-state index contributed by atoms with van der Waals surface area (Å²) in [6.45, 7) is 8.60. The zero-order valence-electron chi connectivity index (χ0n) is 17.2. The van der Waals surface area contributed by atoms with Crippen LogP contribution in [0.3, 0.4) is 0 Å². The van der Waals surface area contributed by atoms with Gasteiger partial charge in [-0.1, -0.05) is 36.4 Å². The fourth-order valence-corrected chi connectivity index (χ4v) is 4.37. The Morgan fingerprint density at radius 3 is 2.83 bits per heavy atom. The summed E-state index contributed by atoms with van der Waals surface area (Å²) in [5.74, 6) is 1.02. The van der Waals surface area contributed by atoms with Crippen molar-refractivity contribution in [3.8, 4) is 5.75 Å². The summed E-state index contributed by atoms with van der Waals surface area (Å²) in [5, 5.41) is 4.60. The molecule has 2 aliphatic rings. The molecule has 1 aliphatic carbocycles. The fourth-order valence-electron chi connectivity index (χ4n) is 4.37. The fraction of sp³-hybridized carbons (Fsp3) is 0.320. The number of nitrogens with zero attached hydrogens (tertiary/aromatic N) is 3. The van der Waals surface area contributed by atoms with Crippen molar-refractivity contribution in [1.82, 2.24) is 14.7 Å². The second-order valence-corrected chi connectivity index (χ2v) is 8.02. The summed E-state index contributed by atoms with van der Waals surface area (Å²) in [7, 11) is 0. The smallest absolute Gasteiger partial charge is 0.123 e. The molecule has 0 N–H and O–H groups in total. The summed E-state index contributed by atoms with van der Waals surface area (Å²) in [5.41, 5.74) is 9.17. The van der Waals surface area contributed by atoms with Gasteiger partial charge in [0, 0.05) is 43.5 Å². The van der Waals surface area contributed by atoms with Crippen molar-refractivity contribution in [1.29, 1.82) is 0 Å². The Labute approximate surface area is 172 Å². The van der Waals surface area contributed by atoms with Gasteiger partial charge in [0.2, 0.25) is 0 Å². The van der Waals surface area contributed by atoms with Crippen molar-refractivity contribution in [2.75, 3.05) is 13.2 Å². The highest BCUT2D eigenvalue weighted by atomic mass is 16.5. The van der Waals surface area contributed by atoms with Gasteiger partial charge in [0.15, 0.2) is 0 Å². The Kier molecular flexibility index (Phi) is 4.72. The number of benzene rings is 2. The zero-order chi connectivity index (χ0) is 19.8. The highest BCUT2D eigenvalue weighted by Gasteiger charge is 2.20. The van der Waals surface area contributed by atoms with Gasteiger partial charge in [-0.15, -0.1) is 0 Å². The number of aryl methyl sites for hydroxylation is 2. The first-order valence-electron chi connectivity index (χ1n) is 10.5. The van der Waals surface area contributed by atoms with Crippen LogP contribution in [0, 0.1) is 6.92 Å². The molecule has 0 radical (unpaired) electrons. The van der Waals surface area contributed by atoms with Crippen molar-refractivity contribution in [3.63, 3.8) is 0 Å². The molecule has 29 heavy (non-hydrogen) atoms. The molecule has 2 aromatic carbocycles. The quantitative estimate of drug-likeness (QED) is 0.652. The van der Waals surface area contributed by atoms with E-state index in [-0.39, 0.29) is 0 Å². The SMILES string of the molecule is CCn1cc(CN2CCOc3ccc(C4=Cc5ccccc5C4)cc3C2)c(C)n1. The van der Waals surface area contributed by atoms with Crippen LogP contribution in [0.4, 0.5) is 0 Å². The summed E-state index contributed by atoms with van der Waals surface area (Å²) in [6.07, 6.45) is 5.52. The number of allylic oxidation sites excluding steroid dienone is 1. The van der Waals surface area contributed by atoms with Gasteiger partial charge in [-0.05, 0) is 54.7 Å². The molecule has 0 saturated carbocycles. The molecule has 0 spiro atoms. The molecule has 4 nitrogen and oxygen atoms in total. The average Bonchev–Trinajstić information content (AvgIpc) is 3.25. The van der Waals surface area contributed by atoms with E-state index < -0.39 is 0 Å². The largest absolute Gasteiger partial charge is 0.492 e. The lowest BCUT2D eigenvalue weighted by Gasteiger charge is -2.19. The monoisotopic (exact) mass is 385 g/mol. The van der Waals surface area contributed by atoms with Crippen LogP contribution in [-0.2, 0) is 26.1 Å². The molecular formula is C25H27N3O. The Morgan fingerprint density at radius 1 is 1.10 bits per heavy atom. The molecule has 4 heteroatoms. The number of hydrogen-bond donors (Lipinski definition) is 0. The van der Waals surface area contributed by atoms with E-state index in [9.17, 15) is 0 Å². The molecular weight excluding hydrogens is 358 g/mol. The van der Waals surface area contributed by atoms with Gasteiger partial charge >= 0.3 is 0 Å². The maximum atomic E-state index is 6.07. The second-order valence-electron chi connectivity index (χ2n) is 8.02. The zero-order valence-corrected chi connectivity index (χ0v) is 17.2. The number of aromatic nitrogens is 2. The highest BCUT2D eigenvalue weighted by molar-refractivity contribution is 5.88. The summed E-state index contributed by atoms with van der Waals surface area (Å²) >= 11 is 0. The summed E-state index contributed by atoms with van der Waals surface area (Å²) in [6, 6.07) is 15.4. The topological polar surface area (TPSA) is 30.3 Å². The van der Waals surface area contributed by atoms with Gasteiger partial charge in [-0.2, -0.15) is 5.10 Å². The second kappa shape index (κ2) is 7.53. The Balaban J connectivity index is 1.38. The molecule has 3 aromatic rings. The van der Waals surface area contributed by atoms with E-state index in [2.05, 4.69) is 78.6 Å². The van der Waals surface area contributed by atoms with Gasteiger partial charge in [0.25, 0.3) is 0 Å². The first kappa shape index (κ1) is 18.2. The van der Waals surface area contributed by atoms with Gasteiger partial charge in [-0.25, -0.2) is 0 Å². The van der Waals surface area contributed by atoms with E-state index in [0.29, 0.717) is 0 Å². The van der Waals surface area contributed by atoms with Crippen molar-refractivity contribution < 1.29 is 4.74 Å². The minimum absolute atomic E-state index is 0.724. The minimum atomic E-state index is 0.724. The first-order chi connectivity index (χ1) is 14.2. The minimum Gasteiger partial charge on any atom is -0.492 e. The van der Waals surface area contributed by atoms with Crippen molar-refractivity contribution >= 4 is 11.6 Å². The van der Waals surface area contributed by atoms with Gasteiger partial charge in [0.1, 0.15) is 12.4 Å². The van der Waals surface area contributed by atoms with E-state index in [1.165, 1.54) is 33.4 Å². The van der Waals surface area contributed by atoms with Crippen LogP contribution in [0.15, 0.2) is 48.7 Å². The van der Waals surface area contributed by atoms with Crippen molar-refractivity contribution in [3.05, 3.63) is 82.2 Å². The lowest BCUT2D eigenvalue weighted by Crippen LogP contribution is -2.25. The predicted molar refractivity (Wildman–Crippen MR) is 117 cm³/mol. The number of rotatable bonds is 4. The van der Waals surface area contributed by atoms with Gasteiger partial charge in [0.05, 0.1) is 5.69 Å². The maximum absolute atomic E-state index is 6.07. The Hall–Kier alpha value is -2.85. The first-order valence-corrected chi connectivity index (χ1v) is 10.5. The summed E-state index contributed by atoms with van der Waals surface area (Å²) in [4.78, 5) is 2.47. The van der Waals surface area contributed by atoms with Crippen molar-refractivity contribution in [2.45, 2.75) is 39.9 Å². The molecule has 0 saturated heterocycles. The number of hydrogen-bond acceptors (Lipinski definition) is 3. The van der Waals surface area contributed by atoms with Gasteiger partial charge in [-0.3, -0.25) is 9.58 Å². The van der Waals surface area contributed by atoms with Crippen LogP contribution in [-0.4, -0.2) is 27.8 Å². The molecule has 0 unspecified atom stereocenters. The van der Waals surface area contributed by atoms with E-state index in [4.69, 9.17) is 4.74 Å². The lowest BCUT2D eigenvalue weighted by atomic mass is 10.0. The Morgan fingerprint density at radius 2 is 2.00 bits per heavy atom. The molecule has 1 aliphatic heterocycles. The number of fused-ring (bicyclic) bond motifs is 2. The van der Waals surface area contributed by atoms with Crippen LogP contribution in [0.1, 0.15) is 40.4 Å². The van der Waals surface area contributed by atoms with Crippen LogP contribution in [0.5, 0.6) is 5.75 Å². The molecule has 0 amide bonds. The molecule has 2 heterocycles. The molecule has 0 atom stereocenters. The maximum Gasteiger partial charge on any atom is 0.123 e. The van der Waals surface area contributed by atoms with Crippen molar-refractivity contribution in [2.24, 2.45) is 0 Å². The van der Waals surface area contributed by atoms with E-state index in [1.54, 1.807) is 0 Å². The molecule has 5 rings (SSSR count). The average molecular weight is 386 g/mol. The van der Waals surface area contributed by atoms with Crippen LogP contribution >= 0.6 is 0 Å².